The van der Waals surface area contributed by atoms with Gasteiger partial charge in [-0.15, -0.1) is 0 Å². The topological polar surface area (TPSA) is 95.1 Å². The molecule has 1 unspecified atom stereocenters. The molecule has 2 rings (SSSR count). The van der Waals surface area contributed by atoms with Crippen LogP contribution < -0.4 is 19.7 Å². The molecule has 2 aromatic carbocycles. The Kier molecular flexibility index (Phi) is 7.13. The van der Waals surface area contributed by atoms with E-state index < -0.39 is 4.92 Å². The van der Waals surface area contributed by atoms with Crippen LogP contribution in [-0.2, 0) is 11.2 Å². The van der Waals surface area contributed by atoms with E-state index in [0.717, 1.165) is 23.4 Å². The van der Waals surface area contributed by atoms with Crippen LogP contribution in [0.1, 0.15) is 5.56 Å². The summed E-state index contributed by atoms with van der Waals surface area (Å²) in [5.74, 6) is 1.22. The molecular weight excluding hydrogens is 350 g/mol. The van der Waals surface area contributed by atoms with Crippen molar-refractivity contribution in [2.24, 2.45) is 0 Å². The maximum Gasteiger partial charge on any atom is 0.279 e. The molecular formula is C19H24N3O5+. The highest BCUT2D eigenvalue weighted by Crippen LogP contribution is 2.27. The number of nitrogens with one attached hydrogen (secondary N) is 2. The van der Waals surface area contributed by atoms with Crippen LogP contribution in [-0.4, -0.2) is 45.2 Å². The van der Waals surface area contributed by atoms with Crippen molar-refractivity contribution in [1.82, 2.24) is 0 Å². The Morgan fingerprint density at radius 2 is 1.78 bits per heavy atom. The predicted molar refractivity (Wildman–Crippen MR) is 102 cm³/mol. The number of amides is 1. The molecule has 8 nitrogen and oxygen atoms in total. The molecule has 2 aromatic rings. The largest absolute Gasteiger partial charge is 0.493 e. The normalized spacial score (nSPS) is 11.5. The number of anilines is 1. The summed E-state index contributed by atoms with van der Waals surface area (Å²) < 4.78 is 10.5. The minimum atomic E-state index is -0.475. The minimum Gasteiger partial charge on any atom is -0.493 e. The first kappa shape index (κ1) is 20.2. The number of non-ortho nitro benzene ring substituents is 1. The molecule has 0 aliphatic carbocycles. The van der Waals surface area contributed by atoms with Crippen LogP contribution in [0.5, 0.6) is 11.5 Å². The van der Waals surface area contributed by atoms with Gasteiger partial charge in [0, 0.05) is 24.2 Å². The van der Waals surface area contributed by atoms with Gasteiger partial charge in [-0.2, -0.15) is 0 Å². The fourth-order valence-electron chi connectivity index (χ4n) is 2.63. The molecule has 1 amide bonds. The van der Waals surface area contributed by atoms with Crippen molar-refractivity contribution in [2.45, 2.75) is 6.42 Å². The van der Waals surface area contributed by atoms with Gasteiger partial charge in [-0.1, -0.05) is 6.07 Å². The van der Waals surface area contributed by atoms with Crippen molar-refractivity contribution in [3.8, 4) is 11.5 Å². The fraction of sp³-hybridized carbons (Fsp3) is 0.316. The van der Waals surface area contributed by atoms with Crippen molar-refractivity contribution in [3.63, 3.8) is 0 Å². The Hall–Kier alpha value is -3.13. The van der Waals surface area contributed by atoms with Crippen LogP contribution in [0.3, 0.4) is 0 Å². The number of benzene rings is 2. The minimum absolute atomic E-state index is 0.00865. The van der Waals surface area contributed by atoms with Gasteiger partial charge in [0.1, 0.15) is 0 Å². The highest BCUT2D eigenvalue weighted by atomic mass is 16.6. The van der Waals surface area contributed by atoms with E-state index in [1.54, 1.807) is 14.2 Å². The lowest BCUT2D eigenvalue weighted by molar-refractivity contribution is -0.870. The number of carbonyl (C=O) groups excluding carboxylic acids is 1. The molecule has 0 bridgehead atoms. The lowest BCUT2D eigenvalue weighted by atomic mass is 10.1. The smallest absolute Gasteiger partial charge is 0.279 e. The Labute approximate surface area is 157 Å². The molecule has 0 aliphatic heterocycles. The van der Waals surface area contributed by atoms with Gasteiger partial charge in [0.25, 0.3) is 11.6 Å². The second-order valence-corrected chi connectivity index (χ2v) is 6.18. The van der Waals surface area contributed by atoms with E-state index in [-0.39, 0.29) is 11.6 Å². The summed E-state index contributed by atoms with van der Waals surface area (Å²) in [7, 11) is 5.14. The standard InChI is InChI=1S/C19H23N3O5/c1-21(11-10-14-4-9-17(26-2)18(12-14)27-3)13-19(23)20-15-5-7-16(8-6-15)22(24)25/h4-9,12H,10-11,13H2,1-3H3,(H,20,23)/p+1. The first-order valence-electron chi connectivity index (χ1n) is 8.49. The van der Waals surface area contributed by atoms with Gasteiger partial charge in [-0.3, -0.25) is 14.9 Å². The number of rotatable bonds is 9. The fourth-order valence-corrected chi connectivity index (χ4v) is 2.63. The summed E-state index contributed by atoms with van der Waals surface area (Å²) in [4.78, 5) is 23.4. The zero-order valence-corrected chi connectivity index (χ0v) is 15.7. The number of nitro groups is 1. The highest BCUT2D eigenvalue weighted by molar-refractivity contribution is 5.91. The van der Waals surface area contributed by atoms with Gasteiger partial charge < -0.3 is 19.7 Å². The summed E-state index contributed by atoms with van der Waals surface area (Å²) >= 11 is 0. The van der Waals surface area contributed by atoms with Gasteiger partial charge in [-0.05, 0) is 29.8 Å². The molecule has 2 N–H and O–H groups in total. The molecule has 0 saturated heterocycles. The Bertz CT molecular complexity index is 792. The Morgan fingerprint density at radius 1 is 1.11 bits per heavy atom. The number of ether oxygens (including phenoxy) is 2. The van der Waals surface area contributed by atoms with Gasteiger partial charge in [0.05, 0.1) is 32.7 Å². The summed E-state index contributed by atoms with van der Waals surface area (Å²) in [5.41, 5.74) is 1.63. The van der Waals surface area contributed by atoms with Crippen LogP contribution in [0.15, 0.2) is 42.5 Å². The third-order valence-corrected chi connectivity index (χ3v) is 4.11. The molecule has 144 valence electrons. The van der Waals surface area contributed by atoms with E-state index >= 15 is 0 Å². The van der Waals surface area contributed by atoms with Crippen LogP contribution in [0.25, 0.3) is 0 Å². The van der Waals surface area contributed by atoms with Crippen LogP contribution >= 0.6 is 0 Å². The molecule has 1 atom stereocenters. The number of quaternary nitrogens is 1. The van der Waals surface area contributed by atoms with Crippen molar-refractivity contribution in [1.29, 1.82) is 0 Å². The summed E-state index contributed by atoms with van der Waals surface area (Å²) in [6, 6.07) is 11.6. The van der Waals surface area contributed by atoms with E-state index in [0.29, 0.717) is 23.7 Å². The zero-order chi connectivity index (χ0) is 19.8. The maximum atomic E-state index is 12.1. The lowest BCUT2D eigenvalue weighted by Crippen LogP contribution is -3.10. The third kappa shape index (κ3) is 5.96. The molecule has 0 aromatic heterocycles. The lowest BCUT2D eigenvalue weighted by Gasteiger charge is -2.15. The van der Waals surface area contributed by atoms with Crippen molar-refractivity contribution in [2.75, 3.05) is 39.7 Å². The third-order valence-electron chi connectivity index (χ3n) is 4.11. The van der Waals surface area contributed by atoms with Crippen LogP contribution in [0.2, 0.25) is 0 Å². The molecule has 0 spiro atoms. The molecule has 0 saturated carbocycles. The first-order valence-corrected chi connectivity index (χ1v) is 8.49. The van der Waals surface area contributed by atoms with Gasteiger partial charge in [-0.25, -0.2) is 0 Å². The van der Waals surface area contributed by atoms with Gasteiger partial charge in [0.15, 0.2) is 18.0 Å². The number of carbonyl (C=O) groups is 1. The Morgan fingerprint density at radius 3 is 2.37 bits per heavy atom. The van der Waals surface area contributed by atoms with Crippen LogP contribution in [0.4, 0.5) is 11.4 Å². The summed E-state index contributed by atoms with van der Waals surface area (Å²) in [6.07, 6.45) is 0.789. The molecule has 0 aliphatic rings. The molecule has 8 heteroatoms. The number of nitrogens with zero attached hydrogens (tertiary/aromatic N) is 1. The number of hydrogen-bond donors (Lipinski definition) is 2. The molecule has 27 heavy (non-hydrogen) atoms. The van der Waals surface area contributed by atoms with E-state index in [1.165, 1.54) is 24.3 Å². The van der Waals surface area contributed by atoms with Gasteiger partial charge >= 0.3 is 0 Å². The first-order chi connectivity index (χ1) is 12.9. The summed E-state index contributed by atoms with van der Waals surface area (Å²) in [5, 5.41) is 13.4. The number of likely N-dealkylation sites (N-methyl/N-ethyl adjacent to an activating group) is 1. The zero-order valence-electron chi connectivity index (χ0n) is 15.7. The van der Waals surface area contributed by atoms with E-state index in [4.69, 9.17) is 9.47 Å². The number of hydrogen-bond acceptors (Lipinski definition) is 5. The van der Waals surface area contributed by atoms with Gasteiger partial charge in [0.2, 0.25) is 0 Å². The van der Waals surface area contributed by atoms with Crippen LogP contribution in [0, 0.1) is 10.1 Å². The van der Waals surface area contributed by atoms with E-state index in [9.17, 15) is 14.9 Å². The monoisotopic (exact) mass is 374 g/mol. The highest BCUT2D eigenvalue weighted by Gasteiger charge is 2.12. The Balaban J connectivity index is 1.83. The maximum absolute atomic E-state index is 12.1. The SMILES string of the molecule is COc1ccc(CC[NH+](C)CC(=O)Nc2ccc([N+](=O)[O-])cc2)cc1OC. The predicted octanol–water partition coefficient (Wildman–Crippen LogP) is 1.31. The average Bonchev–Trinajstić information content (AvgIpc) is 2.66. The molecule has 0 heterocycles. The molecule has 0 fully saturated rings. The van der Waals surface area contributed by atoms with E-state index in [1.807, 2.05) is 25.2 Å². The van der Waals surface area contributed by atoms with E-state index in [2.05, 4.69) is 5.32 Å². The van der Waals surface area contributed by atoms with Crippen molar-refractivity contribution < 1.29 is 24.1 Å². The second-order valence-electron chi connectivity index (χ2n) is 6.18. The molecule has 0 radical (unpaired) electrons. The van der Waals surface area contributed by atoms with Crippen molar-refractivity contribution >= 4 is 17.3 Å². The average molecular weight is 374 g/mol. The summed E-state index contributed by atoms with van der Waals surface area (Å²) in [6.45, 7) is 1.06. The number of methoxy groups -OCH3 is 2. The number of nitro benzene ring substituents is 1. The second kappa shape index (κ2) is 9.54. The quantitative estimate of drug-likeness (QED) is 0.510. The van der Waals surface area contributed by atoms with Crippen molar-refractivity contribution in [3.05, 3.63) is 58.1 Å².